The van der Waals surface area contributed by atoms with E-state index in [2.05, 4.69) is 56.1 Å². The lowest BCUT2D eigenvalue weighted by Gasteiger charge is -2.23. The SMILES string of the molecule is CCCCCCC[N+](C)(C)C.CCCCCCC[N+](C)(C)C.[O-]B([O-])F. The molecule has 0 aliphatic heterocycles. The van der Waals surface area contributed by atoms with Gasteiger partial charge in [-0.15, -0.1) is 0 Å². The molecule has 0 aromatic rings. The van der Waals surface area contributed by atoms with Crippen LogP contribution in [0.4, 0.5) is 4.32 Å². The molecule has 0 saturated carbocycles. The Kier molecular flexibility index (Phi) is 23.0. The van der Waals surface area contributed by atoms with Crippen molar-refractivity contribution in [2.45, 2.75) is 78.1 Å². The predicted molar refractivity (Wildman–Crippen MR) is 110 cm³/mol. The first-order valence-electron chi connectivity index (χ1n) is 10.4. The molecule has 0 radical (unpaired) electrons. The molecule has 6 heteroatoms. The summed E-state index contributed by atoms with van der Waals surface area (Å²) in [5.74, 6) is 0. The molecule has 4 nitrogen and oxygen atoms in total. The van der Waals surface area contributed by atoms with Crippen LogP contribution >= 0.6 is 0 Å². The highest BCUT2D eigenvalue weighted by Crippen LogP contribution is 2.05. The third-order valence-electron chi connectivity index (χ3n) is 3.86. The van der Waals surface area contributed by atoms with Gasteiger partial charge in [0.2, 0.25) is 0 Å². The van der Waals surface area contributed by atoms with E-state index in [4.69, 9.17) is 10.0 Å². The molecule has 0 aromatic carbocycles. The normalized spacial score (nSPS) is 11.2. The molecule has 0 fully saturated rings. The summed E-state index contributed by atoms with van der Waals surface area (Å²) in [6.45, 7) is 7.17. The van der Waals surface area contributed by atoms with Crippen LogP contribution in [0.5, 0.6) is 0 Å². The topological polar surface area (TPSA) is 46.1 Å². The molecular weight excluding hydrogens is 330 g/mol. The minimum atomic E-state index is -3.17. The Bertz CT molecular complexity index is 241. The van der Waals surface area contributed by atoms with E-state index in [1.807, 2.05) is 0 Å². The lowest BCUT2D eigenvalue weighted by Crippen LogP contribution is -2.39. The highest BCUT2D eigenvalue weighted by Gasteiger charge is 2.05. The van der Waals surface area contributed by atoms with Crippen LogP contribution in [0.15, 0.2) is 0 Å². The van der Waals surface area contributed by atoms with Crippen molar-refractivity contribution in [2.24, 2.45) is 0 Å². The Morgan fingerprint density at radius 2 is 0.808 bits per heavy atom. The third kappa shape index (κ3) is 49.6. The molecule has 0 unspecified atom stereocenters. The minimum Gasteiger partial charge on any atom is -0.867 e. The summed E-state index contributed by atoms with van der Waals surface area (Å²) in [7, 11) is 10.4. The molecular formula is C20H48BFN2O2. The van der Waals surface area contributed by atoms with Gasteiger partial charge in [-0.25, -0.2) is 0 Å². The summed E-state index contributed by atoms with van der Waals surface area (Å²) >= 11 is 0. The molecule has 0 bridgehead atoms. The number of hydrogen-bond donors (Lipinski definition) is 0. The second-order valence-electron chi connectivity index (χ2n) is 9.13. The maximum atomic E-state index is 9.89. The van der Waals surface area contributed by atoms with Crippen LogP contribution in [0.25, 0.3) is 0 Å². The van der Waals surface area contributed by atoms with Crippen molar-refractivity contribution in [3.05, 3.63) is 0 Å². The van der Waals surface area contributed by atoms with E-state index in [9.17, 15) is 4.32 Å². The summed E-state index contributed by atoms with van der Waals surface area (Å²) < 4.78 is 12.1. The minimum absolute atomic E-state index is 1.12. The average Bonchev–Trinajstić information content (AvgIpc) is 2.45. The zero-order valence-electron chi connectivity index (χ0n) is 19.2. The quantitative estimate of drug-likeness (QED) is 0.298. The third-order valence-corrected chi connectivity index (χ3v) is 3.86. The number of unbranched alkanes of at least 4 members (excludes halogenated alkanes) is 8. The summed E-state index contributed by atoms with van der Waals surface area (Å²) in [6, 6.07) is 0. The van der Waals surface area contributed by atoms with Crippen molar-refractivity contribution >= 4 is 7.40 Å². The van der Waals surface area contributed by atoms with Crippen molar-refractivity contribution in [3.8, 4) is 0 Å². The summed E-state index contributed by atoms with van der Waals surface area (Å²) in [4.78, 5) is 0. The van der Waals surface area contributed by atoms with E-state index in [1.165, 1.54) is 77.3 Å². The van der Waals surface area contributed by atoms with Gasteiger partial charge in [0, 0.05) is 0 Å². The second kappa shape index (κ2) is 19.6. The van der Waals surface area contributed by atoms with Crippen LogP contribution < -0.4 is 10.0 Å². The van der Waals surface area contributed by atoms with Crippen LogP contribution in [0.3, 0.4) is 0 Å². The van der Waals surface area contributed by atoms with E-state index < -0.39 is 7.40 Å². The largest absolute Gasteiger partial charge is 0.867 e. The van der Waals surface area contributed by atoms with Crippen LogP contribution in [0, 0.1) is 0 Å². The zero-order chi connectivity index (χ0) is 21.1. The van der Waals surface area contributed by atoms with Gasteiger partial charge >= 0.3 is 0 Å². The van der Waals surface area contributed by atoms with Gasteiger partial charge in [0.25, 0.3) is 0 Å². The highest BCUT2D eigenvalue weighted by atomic mass is 19.1. The molecule has 0 N–H and O–H groups in total. The molecule has 0 heterocycles. The van der Waals surface area contributed by atoms with E-state index in [0.29, 0.717) is 0 Å². The predicted octanol–water partition coefficient (Wildman–Crippen LogP) is 2.99. The number of halogens is 1. The first-order chi connectivity index (χ1) is 11.9. The van der Waals surface area contributed by atoms with E-state index in [-0.39, 0.29) is 0 Å². The smallest absolute Gasteiger partial charge is 0.121 e. The molecule has 0 atom stereocenters. The van der Waals surface area contributed by atoms with Gasteiger partial charge in [0.1, 0.15) is 7.40 Å². The monoisotopic (exact) mass is 378 g/mol. The number of nitrogens with zero attached hydrogens (tertiary/aromatic N) is 2. The van der Waals surface area contributed by atoms with Gasteiger partial charge in [-0.2, -0.15) is 0 Å². The first-order valence-corrected chi connectivity index (χ1v) is 10.4. The van der Waals surface area contributed by atoms with E-state index >= 15 is 0 Å². The van der Waals surface area contributed by atoms with Gasteiger partial charge in [-0.3, -0.25) is 0 Å². The molecule has 0 saturated heterocycles. The number of rotatable bonds is 12. The van der Waals surface area contributed by atoms with Gasteiger partial charge in [-0.1, -0.05) is 52.4 Å². The standard InChI is InChI=1S/2C10H24N.BFO2/c2*1-5-6-7-8-9-10-11(2,3)4;2-1(3)4/h2*5-10H2,1-4H3;/q2*+1;-2. The van der Waals surface area contributed by atoms with Crippen LogP contribution in [-0.2, 0) is 0 Å². The zero-order valence-corrected chi connectivity index (χ0v) is 19.2. The summed E-state index contributed by atoms with van der Waals surface area (Å²) in [6.07, 6.45) is 14.0. The molecule has 0 amide bonds. The summed E-state index contributed by atoms with van der Waals surface area (Å²) in [5.41, 5.74) is 0. The van der Waals surface area contributed by atoms with Crippen molar-refractivity contribution in [1.82, 2.24) is 0 Å². The number of hydrogen-bond acceptors (Lipinski definition) is 2. The lowest BCUT2D eigenvalue weighted by molar-refractivity contribution is -0.870. The molecule has 26 heavy (non-hydrogen) atoms. The fraction of sp³-hybridized carbons (Fsp3) is 1.00. The Hall–Kier alpha value is -0.165. The van der Waals surface area contributed by atoms with Gasteiger partial charge in [-0.05, 0) is 25.7 Å². The molecule has 0 rings (SSSR count). The average molecular weight is 378 g/mol. The Labute approximate surface area is 164 Å². The summed E-state index contributed by atoms with van der Waals surface area (Å²) in [5, 5.41) is 16.6. The van der Waals surface area contributed by atoms with Gasteiger partial charge in [0.05, 0.1) is 55.4 Å². The molecule has 0 aromatic heterocycles. The molecule has 0 aliphatic carbocycles. The van der Waals surface area contributed by atoms with Crippen molar-refractivity contribution in [2.75, 3.05) is 55.4 Å². The Balaban J connectivity index is -0.000000338. The molecule has 160 valence electrons. The fourth-order valence-corrected chi connectivity index (χ4v) is 2.38. The van der Waals surface area contributed by atoms with Crippen LogP contribution in [-0.4, -0.2) is 71.7 Å². The Morgan fingerprint density at radius 3 is 1.00 bits per heavy atom. The van der Waals surface area contributed by atoms with Crippen molar-refractivity contribution < 1.29 is 23.3 Å². The first kappa shape index (κ1) is 30.6. The lowest BCUT2D eigenvalue weighted by atomic mass is 10.1. The van der Waals surface area contributed by atoms with Crippen LogP contribution in [0.2, 0.25) is 0 Å². The fourth-order valence-electron chi connectivity index (χ4n) is 2.38. The van der Waals surface area contributed by atoms with E-state index in [1.54, 1.807) is 0 Å². The number of quaternary nitrogens is 2. The van der Waals surface area contributed by atoms with Crippen molar-refractivity contribution in [1.29, 1.82) is 0 Å². The maximum Gasteiger partial charge on any atom is 0.121 e. The second-order valence-corrected chi connectivity index (χ2v) is 9.13. The van der Waals surface area contributed by atoms with Gasteiger partial charge in [0.15, 0.2) is 0 Å². The molecule has 0 aliphatic rings. The highest BCUT2D eigenvalue weighted by molar-refractivity contribution is 6.27. The molecule has 0 spiro atoms. The van der Waals surface area contributed by atoms with Crippen LogP contribution in [0.1, 0.15) is 78.1 Å². The van der Waals surface area contributed by atoms with Crippen molar-refractivity contribution in [3.63, 3.8) is 0 Å². The Morgan fingerprint density at radius 1 is 0.577 bits per heavy atom. The van der Waals surface area contributed by atoms with Gasteiger partial charge < -0.3 is 23.3 Å². The van der Waals surface area contributed by atoms with E-state index in [0.717, 1.165) is 8.97 Å². The maximum absolute atomic E-state index is 9.89.